The molecule has 1 saturated heterocycles. The summed E-state index contributed by atoms with van der Waals surface area (Å²) in [6, 6.07) is 8.88. The Bertz CT molecular complexity index is 721. The van der Waals surface area contributed by atoms with E-state index in [1.807, 2.05) is 31.2 Å². The van der Waals surface area contributed by atoms with Crippen molar-refractivity contribution in [1.29, 1.82) is 0 Å². The number of carbonyl (C=O) groups is 1. The lowest BCUT2D eigenvalue weighted by molar-refractivity contribution is -0.121. The minimum atomic E-state index is -0.221. The van der Waals surface area contributed by atoms with Crippen molar-refractivity contribution >= 4 is 23.5 Å². The highest BCUT2D eigenvalue weighted by Gasteiger charge is 2.25. The minimum Gasteiger partial charge on any atom is -0.492 e. The van der Waals surface area contributed by atoms with Crippen molar-refractivity contribution < 1.29 is 9.53 Å². The first kappa shape index (κ1) is 19.5. The van der Waals surface area contributed by atoms with Gasteiger partial charge in [0.15, 0.2) is 0 Å². The van der Waals surface area contributed by atoms with Crippen LogP contribution >= 0.6 is 11.6 Å². The van der Waals surface area contributed by atoms with Crippen molar-refractivity contribution in [2.24, 2.45) is 0 Å². The molecular formula is C19H24ClN5O2. The Kier molecular flexibility index (Phi) is 6.98. The van der Waals surface area contributed by atoms with Crippen molar-refractivity contribution in [2.75, 3.05) is 44.6 Å². The van der Waals surface area contributed by atoms with Crippen molar-refractivity contribution in [3.63, 3.8) is 0 Å². The summed E-state index contributed by atoms with van der Waals surface area (Å²) >= 11 is 5.87. The van der Waals surface area contributed by atoms with Gasteiger partial charge in [-0.1, -0.05) is 11.6 Å². The first-order valence-corrected chi connectivity index (χ1v) is 9.42. The smallest absolute Gasteiger partial charge is 0.243 e. The normalized spacial score (nSPS) is 16.7. The van der Waals surface area contributed by atoms with Gasteiger partial charge >= 0.3 is 0 Å². The number of carbonyl (C=O) groups excluding carboxylic acids is 1. The molecule has 1 unspecified atom stereocenters. The zero-order chi connectivity index (χ0) is 19.1. The second kappa shape index (κ2) is 9.64. The number of amides is 1. The number of hydrogen-bond acceptors (Lipinski definition) is 6. The maximum Gasteiger partial charge on any atom is 0.243 e. The summed E-state index contributed by atoms with van der Waals surface area (Å²) in [7, 11) is 0. The third-order valence-electron chi connectivity index (χ3n) is 4.62. The number of anilines is 1. The summed E-state index contributed by atoms with van der Waals surface area (Å²) in [5, 5.41) is 3.46. The third-order valence-corrected chi connectivity index (χ3v) is 4.88. The highest BCUT2D eigenvalue weighted by molar-refractivity contribution is 6.30. The Morgan fingerprint density at radius 3 is 2.52 bits per heavy atom. The van der Waals surface area contributed by atoms with E-state index in [0.29, 0.717) is 17.6 Å². The summed E-state index contributed by atoms with van der Waals surface area (Å²) in [4.78, 5) is 25.0. The van der Waals surface area contributed by atoms with E-state index in [1.54, 1.807) is 18.5 Å². The Morgan fingerprint density at radius 1 is 1.19 bits per heavy atom. The molecule has 2 heterocycles. The lowest BCUT2D eigenvalue weighted by atomic mass is 10.2. The molecule has 1 N–H and O–H groups in total. The number of halogens is 1. The number of hydrogen-bond donors (Lipinski definition) is 1. The molecular weight excluding hydrogens is 366 g/mol. The molecule has 7 nitrogen and oxygen atoms in total. The second-order valence-corrected chi connectivity index (χ2v) is 6.85. The van der Waals surface area contributed by atoms with Gasteiger partial charge in [-0.2, -0.15) is 0 Å². The lowest BCUT2D eigenvalue weighted by Gasteiger charge is -2.37. The van der Waals surface area contributed by atoms with Gasteiger partial charge < -0.3 is 4.74 Å². The number of nitrogens with zero attached hydrogens (tertiary/aromatic N) is 4. The van der Waals surface area contributed by atoms with Gasteiger partial charge in [0.25, 0.3) is 0 Å². The van der Waals surface area contributed by atoms with Crippen LogP contribution in [-0.4, -0.2) is 71.0 Å². The van der Waals surface area contributed by atoms with Crippen LogP contribution in [0, 0.1) is 0 Å². The molecule has 0 radical (unpaired) electrons. The second-order valence-electron chi connectivity index (χ2n) is 6.42. The molecule has 8 heteroatoms. The van der Waals surface area contributed by atoms with Crippen LogP contribution in [0.25, 0.3) is 0 Å². The van der Waals surface area contributed by atoms with Crippen LogP contribution in [-0.2, 0) is 4.79 Å². The van der Waals surface area contributed by atoms with E-state index >= 15 is 0 Å². The van der Waals surface area contributed by atoms with Gasteiger partial charge in [-0.05, 0) is 37.3 Å². The molecule has 1 atom stereocenters. The van der Waals surface area contributed by atoms with E-state index in [0.717, 1.165) is 38.5 Å². The largest absolute Gasteiger partial charge is 0.492 e. The molecule has 0 bridgehead atoms. The van der Waals surface area contributed by atoms with Crippen molar-refractivity contribution in [1.82, 2.24) is 19.8 Å². The van der Waals surface area contributed by atoms with E-state index in [4.69, 9.17) is 16.3 Å². The Labute approximate surface area is 164 Å². The Balaban J connectivity index is 1.37. The van der Waals surface area contributed by atoms with E-state index < -0.39 is 0 Å². The molecule has 27 heavy (non-hydrogen) atoms. The predicted octanol–water partition coefficient (Wildman–Crippen LogP) is 2.15. The fourth-order valence-corrected chi connectivity index (χ4v) is 3.07. The first-order chi connectivity index (χ1) is 13.1. The fraction of sp³-hybridized carbons (Fsp3) is 0.421. The number of ether oxygens (including phenoxy) is 1. The highest BCUT2D eigenvalue weighted by Crippen LogP contribution is 2.15. The average Bonchev–Trinajstić information content (AvgIpc) is 2.70. The minimum absolute atomic E-state index is 0.0827. The number of rotatable bonds is 7. The third kappa shape index (κ3) is 5.89. The zero-order valence-electron chi connectivity index (χ0n) is 15.3. The van der Waals surface area contributed by atoms with E-state index in [1.165, 1.54) is 0 Å². The molecule has 144 valence electrons. The molecule has 1 fully saturated rings. The van der Waals surface area contributed by atoms with Crippen LogP contribution in [0.15, 0.2) is 42.7 Å². The number of nitrogens with one attached hydrogen (secondary N) is 1. The van der Waals surface area contributed by atoms with Crippen molar-refractivity contribution in [3.8, 4) is 5.75 Å². The van der Waals surface area contributed by atoms with Crippen LogP contribution in [0.1, 0.15) is 6.92 Å². The number of piperazine rings is 1. The van der Waals surface area contributed by atoms with Crippen molar-refractivity contribution in [3.05, 3.63) is 47.7 Å². The molecule has 1 amide bonds. The molecule has 3 rings (SSSR count). The molecule has 0 aliphatic carbocycles. The highest BCUT2D eigenvalue weighted by atomic mass is 35.5. The summed E-state index contributed by atoms with van der Waals surface area (Å²) in [5.41, 5.74) is 0. The predicted molar refractivity (Wildman–Crippen MR) is 105 cm³/mol. The van der Waals surface area contributed by atoms with Gasteiger partial charge in [0.05, 0.1) is 6.04 Å². The summed E-state index contributed by atoms with van der Waals surface area (Å²) in [6.07, 6.45) is 3.22. The van der Waals surface area contributed by atoms with E-state index in [9.17, 15) is 4.79 Å². The fourth-order valence-electron chi connectivity index (χ4n) is 2.94. The molecule has 1 aromatic carbocycles. The molecule has 0 saturated carbocycles. The van der Waals surface area contributed by atoms with Crippen LogP contribution in [0.2, 0.25) is 5.02 Å². The first-order valence-electron chi connectivity index (χ1n) is 9.04. The number of benzene rings is 1. The summed E-state index contributed by atoms with van der Waals surface area (Å²) in [5.74, 6) is 1.08. The standard InChI is InChI=1S/C19H24ClN5O2/c1-15(18(26)23-19-21-7-2-8-22-19)25-11-9-24(10-12-25)13-14-27-17-5-3-16(20)4-6-17/h2-8,15H,9-14H2,1H3,(H,21,22,23,26). The van der Waals surface area contributed by atoms with E-state index in [-0.39, 0.29) is 11.9 Å². The molecule has 0 spiro atoms. The zero-order valence-corrected chi connectivity index (χ0v) is 16.1. The quantitative estimate of drug-likeness (QED) is 0.782. The SMILES string of the molecule is CC(C(=O)Nc1ncccn1)N1CCN(CCOc2ccc(Cl)cc2)CC1. The average molecular weight is 390 g/mol. The van der Waals surface area contributed by atoms with Gasteiger partial charge in [-0.25, -0.2) is 9.97 Å². The Morgan fingerprint density at radius 2 is 1.85 bits per heavy atom. The summed E-state index contributed by atoms with van der Waals surface area (Å²) in [6.45, 7) is 6.89. The maximum absolute atomic E-state index is 12.4. The van der Waals surface area contributed by atoms with E-state index in [2.05, 4.69) is 25.1 Å². The maximum atomic E-state index is 12.4. The summed E-state index contributed by atoms with van der Waals surface area (Å²) < 4.78 is 5.75. The van der Waals surface area contributed by atoms with Gasteiger partial charge in [-0.3, -0.25) is 19.9 Å². The van der Waals surface area contributed by atoms with Gasteiger partial charge in [0.1, 0.15) is 12.4 Å². The van der Waals surface area contributed by atoms with Crippen LogP contribution in [0.5, 0.6) is 5.75 Å². The van der Waals surface area contributed by atoms with Gasteiger partial charge in [0.2, 0.25) is 11.9 Å². The monoisotopic (exact) mass is 389 g/mol. The van der Waals surface area contributed by atoms with Gasteiger partial charge in [-0.15, -0.1) is 0 Å². The Hall–Kier alpha value is -2.22. The lowest BCUT2D eigenvalue weighted by Crippen LogP contribution is -2.53. The number of aromatic nitrogens is 2. The van der Waals surface area contributed by atoms with Crippen LogP contribution < -0.4 is 10.1 Å². The molecule has 1 aliphatic heterocycles. The topological polar surface area (TPSA) is 70.6 Å². The molecule has 1 aromatic heterocycles. The van der Waals surface area contributed by atoms with Crippen LogP contribution in [0.3, 0.4) is 0 Å². The molecule has 2 aromatic rings. The van der Waals surface area contributed by atoms with Crippen LogP contribution in [0.4, 0.5) is 5.95 Å². The van der Waals surface area contributed by atoms with Crippen molar-refractivity contribution in [2.45, 2.75) is 13.0 Å². The molecule has 1 aliphatic rings. The van der Waals surface area contributed by atoms with Gasteiger partial charge in [0, 0.05) is 50.1 Å².